The predicted molar refractivity (Wildman–Crippen MR) is 174 cm³/mol. The Hall–Kier alpha value is -3.43. The molecular weight excluding hydrogens is 712 g/mol. The average molecular weight is 754 g/mol. The first kappa shape index (κ1) is 29.6. The Labute approximate surface area is 266 Å². The van der Waals surface area contributed by atoms with Crippen LogP contribution in [0.3, 0.4) is 0 Å². The topological polar surface area (TPSA) is 35.2 Å². The summed E-state index contributed by atoms with van der Waals surface area (Å²) in [7, 11) is 2.12. The van der Waals surface area contributed by atoms with Crippen LogP contribution in [0.1, 0.15) is 77.5 Å². The van der Waals surface area contributed by atoms with Gasteiger partial charge in [-0.15, -0.1) is 0 Å². The number of rotatable bonds is 4. The fourth-order valence-electron chi connectivity index (χ4n) is 5.96. The number of aromatic nitrogens is 3. The van der Waals surface area contributed by atoms with Crippen molar-refractivity contribution < 1.29 is 24.1 Å². The van der Waals surface area contributed by atoms with E-state index < -0.39 is 0 Å². The molecule has 3 heterocycles. The first-order valence-electron chi connectivity index (χ1n) is 15.1. The van der Waals surface area contributed by atoms with Gasteiger partial charge in [0.15, 0.2) is 0 Å². The molecule has 3 aromatic carbocycles. The number of hydrogen-bond acceptors (Lipinski definition) is 3. The van der Waals surface area contributed by atoms with Gasteiger partial charge in [0.25, 0.3) is 0 Å². The third-order valence-corrected chi connectivity index (χ3v) is 9.93. The van der Waals surface area contributed by atoms with Crippen LogP contribution < -0.4 is 9.64 Å². The van der Waals surface area contributed by atoms with Crippen molar-refractivity contribution >= 4 is 22.5 Å². The van der Waals surface area contributed by atoms with Crippen LogP contribution in [0.4, 0.5) is 11.5 Å². The molecule has 0 bridgehead atoms. The average Bonchev–Trinajstić information content (AvgIpc) is 3.22. The summed E-state index contributed by atoms with van der Waals surface area (Å²) in [5.74, 6) is 3.14. The van der Waals surface area contributed by atoms with E-state index >= 15 is 0 Å². The minimum absolute atomic E-state index is 0.0449. The van der Waals surface area contributed by atoms with E-state index in [0.717, 1.165) is 39.8 Å². The van der Waals surface area contributed by atoms with Crippen LogP contribution in [-0.2, 0) is 37.2 Å². The monoisotopic (exact) mass is 753 g/mol. The molecule has 0 spiro atoms. The Balaban J connectivity index is 1.44. The summed E-state index contributed by atoms with van der Waals surface area (Å²) in [5.41, 5.74) is 8.53. The molecule has 6 rings (SSSR count). The molecule has 0 amide bonds. The van der Waals surface area contributed by atoms with Crippen LogP contribution in [-0.4, -0.2) is 20.7 Å². The van der Waals surface area contributed by atoms with Gasteiger partial charge in [-0.3, -0.25) is 0 Å². The van der Waals surface area contributed by atoms with Gasteiger partial charge in [0.05, 0.1) is 0 Å². The van der Waals surface area contributed by atoms with E-state index in [0.29, 0.717) is 5.92 Å². The summed E-state index contributed by atoms with van der Waals surface area (Å²) in [6, 6.07) is 26.2. The van der Waals surface area contributed by atoms with Gasteiger partial charge < -0.3 is 0 Å². The third-order valence-electron chi connectivity index (χ3n) is 8.66. The second-order valence-corrected chi connectivity index (χ2v) is 14.9. The van der Waals surface area contributed by atoms with Crippen molar-refractivity contribution in [2.75, 3.05) is 11.4 Å². The molecule has 0 saturated carbocycles. The molecule has 6 heteroatoms. The normalized spacial score (nSPS) is 15.6. The van der Waals surface area contributed by atoms with Crippen LogP contribution >= 0.6 is 0 Å². The van der Waals surface area contributed by atoms with Gasteiger partial charge in [-0.25, -0.2) is 0 Å². The molecule has 1 atom stereocenters. The van der Waals surface area contributed by atoms with E-state index in [4.69, 9.17) is 9.72 Å². The van der Waals surface area contributed by atoms with Gasteiger partial charge >= 0.3 is 224 Å². The molecule has 226 valence electrons. The molecule has 0 saturated heterocycles. The Morgan fingerprint density at radius 1 is 0.814 bits per heavy atom. The Morgan fingerprint density at radius 2 is 1.53 bits per heavy atom. The zero-order valence-electron chi connectivity index (χ0n) is 26.5. The van der Waals surface area contributed by atoms with Crippen LogP contribution in [0.5, 0.6) is 11.5 Å². The predicted octanol–water partition coefficient (Wildman–Crippen LogP) is 9.48. The molecule has 2 aromatic heterocycles. The number of anilines is 2. The van der Waals surface area contributed by atoms with Gasteiger partial charge in [0.2, 0.25) is 0 Å². The maximum absolute atomic E-state index is 6.73. The van der Waals surface area contributed by atoms with Crippen molar-refractivity contribution in [1.29, 1.82) is 0 Å². The number of ether oxygens (including phenoxy) is 1. The van der Waals surface area contributed by atoms with E-state index in [9.17, 15) is 0 Å². The molecule has 0 N–H and O–H groups in total. The molecular formula is C37H42N4OPt. The summed E-state index contributed by atoms with van der Waals surface area (Å²) in [6.07, 6.45) is 3.03. The summed E-state index contributed by atoms with van der Waals surface area (Å²) in [4.78, 5) is 7.18. The molecule has 0 aliphatic carbocycles. The van der Waals surface area contributed by atoms with Crippen molar-refractivity contribution in [2.24, 2.45) is 7.05 Å². The fourth-order valence-corrected chi connectivity index (χ4v) is 6.80. The Kier molecular flexibility index (Phi) is 7.53. The molecule has 1 aliphatic rings. The van der Waals surface area contributed by atoms with Crippen molar-refractivity contribution in [1.82, 2.24) is 14.1 Å². The molecule has 0 radical (unpaired) electrons. The number of para-hydroxylation sites is 2. The van der Waals surface area contributed by atoms with Crippen molar-refractivity contribution in [3.8, 4) is 17.2 Å². The second-order valence-electron chi connectivity index (χ2n) is 13.9. The van der Waals surface area contributed by atoms with E-state index in [-0.39, 0.29) is 10.8 Å². The van der Waals surface area contributed by atoms with Crippen LogP contribution in [0.25, 0.3) is 16.7 Å². The summed E-state index contributed by atoms with van der Waals surface area (Å²) in [5, 5.41) is 0. The molecule has 5 aromatic rings. The van der Waals surface area contributed by atoms with Crippen molar-refractivity contribution in [3.63, 3.8) is 0 Å². The number of benzene rings is 3. The first-order valence-corrected chi connectivity index (χ1v) is 16.3. The Morgan fingerprint density at radius 3 is 2.26 bits per heavy atom. The standard InChI is InChI=1S/C37H42N4O.Pt/c1-25-16-18-40(35-21-26(15-17-38-35)36(2,3)4)34-23-29(13-14-31(25)34)42-30-20-27(37(5,6)7)19-28(22-30)41-24-39(8)32-11-9-10-12-33(32)41;/h9-15,17,19-23,25H,16,18H2,1-8H3;. The third kappa shape index (κ3) is 5.65. The first-order chi connectivity index (χ1) is 20.3. The number of imidazole rings is 1. The van der Waals surface area contributed by atoms with Crippen LogP contribution in [0, 0.1) is 3.80 Å². The van der Waals surface area contributed by atoms with Crippen molar-refractivity contribution in [2.45, 2.75) is 71.6 Å². The summed E-state index contributed by atoms with van der Waals surface area (Å²) < 4.78 is 12.4. The maximum atomic E-state index is 6.73. The van der Waals surface area contributed by atoms with Crippen LogP contribution in [0.2, 0.25) is 0 Å². The van der Waals surface area contributed by atoms with E-state index in [1.54, 1.807) is 0 Å². The van der Waals surface area contributed by atoms with Gasteiger partial charge in [-0.2, -0.15) is 0 Å². The molecule has 5 nitrogen and oxygen atoms in total. The SMILES string of the molecule is CC1CCN(c2cc(C(C)(C)C)ccn2)c2cc(Oc3cc(-n4[c](=[Pt])n(C)c5ccccc54)cc(C(C)(C)C)c3)ccc21. The number of pyridine rings is 1. The van der Waals surface area contributed by atoms with Gasteiger partial charge in [0, 0.05) is 6.20 Å². The molecule has 43 heavy (non-hydrogen) atoms. The fraction of sp³-hybridized carbons (Fsp3) is 0.351. The minimum atomic E-state index is -0.0449. The van der Waals surface area contributed by atoms with E-state index in [1.807, 2.05) is 6.20 Å². The summed E-state index contributed by atoms with van der Waals surface area (Å²) >= 11 is 2.42. The second kappa shape index (κ2) is 10.9. The number of fused-ring (bicyclic) bond motifs is 2. The molecule has 1 unspecified atom stereocenters. The van der Waals surface area contributed by atoms with Gasteiger partial charge in [0.1, 0.15) is 0 Å². The van der Waals surface area contributed by atoms with E-state index in [1.165, 1.54) is 33.4 Å². The van der Waals surface area contributed by atoms with E-state index in [2.05, 4.69) is 162 Å². The summed E-state index contributed by atoms with van der Waals surface area (Å²) in [6.45, 7) is 16.8. The van der Waals surface area contributed by atoms with Gasteiger partial charge in [-0.05, 0) is 17.0 Å². The van der Waals surface area contributed by atoms with Crippen molar-refractivity contribution in [3.05, 3.63) is 99.5 Å². The zero-order valence-corrected chi connectivity index (χ0v) is 28.8. The van der Waals surface area contributed by atoms with Gasteiger partial charge in [-0.1, -0.05) is 20.8 Å². The zero-order chi connectivity index (χ0) is 30.7. The molecule has 0 fully saturated rings. The number of nitrogens with zero attached hydrogens (tertiary/aromatic N) is 4. The Bertz CT molecular complexity index is 1890. The van der Waals surface area contributed by atoms with Crippen LogP contribution in [0.15, 0.2) is 79.0 Å². The molecule has 1 aliphatic heterocycles. The number of aryl methyl sites for hydroxylation is 1. The number of hydrogen-bond donors (Lipinski definition) is 0. The quantitative estimate of drug-likeness (QED) is 0.184.